The van der Waals surface area contributed by atoms with Crippen molar-refractivity contribution < 1.29 is 45.3 Å². The highest BCUT2D eigenvalue weighted by Gasteiger charge is 2.49. The molecular formula is C9H15O9-. The molecule has 1 fully saturated rings. The largest absolute Gasteiger partial charge is 0.544 e. The van der Waals surface area contributed by atoms with Crippen LogP contribution in [-0.4, -0.2) is 79.5 Å². The lowest BCUT2D eigenvalue weighted by molar-refractivity contribution is -0.380. The van der Waals surface area contributed by atoms with Gasteiger partial charge in [-0.2, -0.15) is 0 Å². The smallest absolute Gasteiger partial charge is 0.210 e. The van der Waals surface area contributed by atoms with Crippen molar-refractivity contribution in [3.05, 3.63) is 0 Å². The molecule has 6 N–H and O–H groups in total. The molecule has 0 unspecified atom stereocenters. The van der Waals surface area contributed by atoms with E-state index in [0.29, 0.717) is 0 Å². The van der Waals surface area contributed by atoms with E-state index < -0.39 is 55.3 Å². The van der Waals surface area contributed by atoms with Crippen LogP contribution in [0.5, 0.6) is 0 Å². The first-order chi connectivity index (χ1) is 8.23. The molecule has 1 aliphatic heterocycles. The van der Waals surface area contributed by atoms with Crippen molar-refractivity contribution in [2.75, 3.05) is 6.61 Å². The Morgan fingerprint density at radius 2 is 2.00 bits per heavy atom. The van der Waals surface area contributed by atoms with Gasteiger partial charge in [0.15, 0.2) is 0 Å². The Kier molecular flexibility index (Phi) is 4.61. The molecular weight excluding hydrogens is 252 g/mol. The molecule has 9 heteroatoms. The van der Waals surface area contributed by atoms with E-state index >= 15 is 0 Å². The normalized spacial score (nSPS) is 40.2. The van der Waals surface area contributed by atoms with Crippen LogP contribution in [-0.2, 0) is 9.53 Å². The van der Waals surface area contributed by atoms with Crippen LogP contribution in [0.4, 0.5) is 0 Å². The monoisotopic (exact) mass is 267 g/mol. The van der Waals surface area contributed by atoms with Gasteiger partial charge in [-0.15, -0.1) is 0 Å². The molecule has 1 rings (SSSR count). The molecule has 9 nitrogen and oxygen atoms in total. The highest BCUT2D eigenvalue weighted by molar-refractivity contribution is 5.73. The first-order valence-electron chi connectivity index (χ1n) is 5.17. The molecule has 0 aromatic carbocycles. The van der Waals surface area contributed by atoms with Crippen molar-refractivity contribution in [1.29, 1.82) is 0 Å². The zero-order chi connectivity index (χ0) is 14.1. The Balaban J connectivity index is 2.92. The van der Waals surface area contributed by atoms with Crippen LogP contribution in [0.1, 0.15) is 6.42 Å². The number of carboxylic acids is 1. The molecule has 0 spiro atoms. The minimum atomic E-state index is -2.89. The van der Waals surface area contributed by atoms with Crippen LogP contribution in [0.25, 0.3) is 0 Å². The summed E-state index contributed by atoms with van der Waals surface area (Å²) in [6, 6.07) is 0. The Labute approximate surface area is 101 Å². The number of ether oxygens (including phenoxy) is 1. The molecule has 0 amide bonds. The van der Waals surface area contributed by atoms with Gasteiger partial charge in [0.2, 0.25) is 5.79 Å². The van der Waals surface area contributed by atoms with E-state index in [1.54, 1.807) is 0 Å². The van der Waals surface area contributed by atoms with Gasteiger partial charge in [0.05, 0.1) is 12.7 Å². The number of carbonyl (C=O) groups is 1. The van der Waals surface area contributed by atoms with E-state index in [9.17, 15) is 35.4 Å². The van der Waals surface area contributed by atoms with Crippen LogP contribution < -0.4 is 5.11 Å². The molecule has 0 aromatic heterocycles. The van der Waals surface area contributed by atoms with Gasteiger partial charge >= 0.3 is 0 Å². The molecule has 1 saturated heterocycles. The van der Waals surface area contributed by atoms with Gasteiger partial charge in [0.25, 0.3) is 0 Å². The molecule has 1 aliphatic rings. The fourth-order valence-electron chi connectivity index (χ4n) is 1.70. The van der Waals surface area contributed by atoms with E-state index in [2.05, 4.69) is 4.74 Å². The summed E-state index contributed by atoms with van der Waals surface area (Å²) in [7, 11) is 0. The predicted molar refractivity (Wildman–Crippen MR) is 50.6 cm³/mol. The zero-order valence-corrected chi connectivity index (χ0v) is 9.21. The summed E-state index contributed by atoms with van der Waals surface area (Å²) in [4.78, 5) is 10.7. The Hall–Kier alpha value is -0.810. The molecule has 0 bridgehead atoms. The molecule has 0 saturated carbocycles. The summed E-state index contributed by atoms with van der Waals surface area (Å²) >= 11 is 0. The topological polar surface area (TPSA) is 171 Å². The van der Waals surface area contributed by atoms with Crippen LogP contribution in [0.15, 0.2) is 0 Å². The Morgan fingerprint density at radius 1 is 1.44 bits per heavy atom. The third-order valence-corrected chi connectivity index (χ3v) is 2.78. The van der Waals surface area contributed by atoms with Crippen molar-refractivity contribution in [3.8, 4) is 0 Å². The first-order valence-corrected chi connectivity index (χ1v) is 5.17. The number of aliphatic hydroxyl groups excluding tert-OH is 5. The third-order valence-electron chi connectivity index (χ3n) is 2.78. The fourth-order valence-corrected chi connectivity index (χ4v) is 1.70. The number of hydrogen-bond donors (Lipinski definition) is 6. The summed E-state index contributed by atoms with van der Waals surface area (Å²) in [5.74, 6) is -4.94. The summed E-state index contributed by atoms with van der Waals surface area (Å²) < 4.78 is 4.57. The van der Waals surface area contributed by atoms with Crippen LogP contribution in [0.2, 0.25) is 0 Å². The lowest BCUT2D eigenvalue weighted by Gasteiger charge is -2.44. The van der Waals surface area contributed by atoms with Crippen molar-refractivity contribution in [2.45, 2.75) is 42.7 Å². The van der Waals surface area contributed by atoms with Gasteiger partial charge < -0.3 is 45.3 Å². The minimum Gasteiger partial charge on any atom is -0.544 e. The van der Waals surface area contributed by atoms with Crippen LogP contribution >= 0.6 is 0 Å². The quantitative estimate of drug-likeness (QED) is 0.291. The van der Waals surface area contributed by atoms with Gasteiger partial charge in [-0.05, 0) is 0 Å². The maximum atomic E-state index is 10.7. The van der Waals surface area contributed by atoms with E-state index in [1.165, 1.54) is 0 Å². The van der Waals surface area contributed by atoms with Gasteiger partial charge in [0.1, 0.15) is 30.4 Å². The second-order valence-corrected chi connectivity index (χ2v) is 4.16. The van der Waals surface area contributed by atoms with Gasteiger partial charge in [-0.3, -0.25) is 0 Å². The van der Waals surface area contributed by atoms with Crippen molar-refractivity contribution in [1.82, 2.24) is 0 Å². The van der Waals surface area contributed by atoms with E-state index in [-0.39, 0.29) is 0 Å². The molecule has 106 valence electrons. The van der Waals surface area contributed by atoms with Gasteiger partial charge in [-0.25, -0.2) is 0 Å². The zero-order valence-electron chi connectivity index (χ0n) is 9.21. The molecule has 18 heavy (non-hydrogen) atoms. The highest BCUT2D eigenvalue weighted by Crippen LogP contribution is 2.29. The summed E-state index contributed by atoms with van der Waals surface area (Å²) in [6.07, 6.45) is -9.71. The number of hydrogen-bond acceptors (Lipinski definition) is 9. The average Bonchev–Trinajstić information content (AvgIpc) is 2.31. The lowest BCUT2D eigenvalue weighted by atomic mass is 9.91. The lowest BCUT2D eigenvalue weighted by Crippen LogP contribution is -2.65. The van der Waals surface area contributed by atoms with E-state index in [1.807, 2.05) is 0 Å². The third kappa shape index (κ3) is 2.78. The van der Waals surface area contributed by atoms with Crippen LogP contribution in [0.3, 0.4) is 0 Å². The Bertz CT molecular complexity index is 308. The minimum absolute atomic E-state index is 0.852. The fraction of sp³-hybridized carbons (Fsp3) is 0.889. The first kappa shape index (κ1) is 15.2. The van der Waals surface area contributed by atoms with Crippen LogP contribution in [0, 0.1) is 0 Å². The second kappa shape index (κ2) is 5.45. The molecule has 0 radical (unpaired) electrons. The Morgan fingerprint density at radius 3 is 2.44 bits per heavy atom. The van der Waals surface area contributed by atoms with E-state index in [0.717, 1.165) is 0 Å². The second-order valence-electron chi connectivity index (χ2n) is 4.16. The molecule has 0 aromatic rings. The number of carbonyl (C=O) groups excluding carboxylic acids is 1. The molecule has 0 aliphatic carbocycles. The number of aliphatic hydroxyl groups is 6. The average molecular weight is 267 g/mol. The number of carboxylic acid groups (broad SMARTS) is 1. The summed E-state index contributed by atoms with van der Waals surface area (Å²) in [6.45, 7) is -0.881. The maximum Gasteiger partial charge on any atom is 0.210 e. The van der Waals surface area contributed by atoms with E-state index in [4.69, 9.17) is 5.11 Å². The number of rotatable bonds is 4. The summed E-state index contributed by atoms with van der Waals surface area (Å²) in [5.41, 5.74) is 0. The standard InChI is InChI=1S/C9H16O9/c10-2-4(12)6(14)7-5(13)3(11)1-9(17,18-7)8(15)16/h3-7,10-14,17H,1-2H2,(H,15,16)/p-1/t3-,4+,5+,6-,7+,9-/m0/s1. The molecule has 6 atom stereocenters. The number of aliphatic carboxylic acids is 1. The van der Waals surface area contributed by atoms with Crippen molar-refractivity contribution in [3.63, 3.8) is 0 Å². The van der Waals surface area contributed by atoms with Gasteiger partial charge in [0, 0.05) is 6.42 Å². The SMILES string of the molecule is O=C([O-])[C@]1(O)C[C@H](O)[C@@H](O)[C@H]([C@@H](O)[C@H](O)CO)O1. The van der Waals surface area contributed by atoms with Crippen molar-refractivity contribution >= 4 is 5.97 Å². The maximum absolute atomic E-state index is 10.7. The predicted octanol–water partition coefficient (Wildman–Crippen LogP) is -5.35. The van der Waals surface area contributed by atoms with Gasteiger partial charge in [-0.1, -0.05) is 0 Å². The molecule has 1 heterocycles. The van der Waals surface area contributed by atoms with Crippen molar-refractivity contribution in [2.24, 2.45) is 0 Å². The highest BCUT2D eigenvalue weighted by atomic mass is 16.7. The summed E-state index contributed by atoms with van der Waals surface area (Å²) in [5, 5.41) is 66.4.